The average Bonchev–Trinajstić information content (AvgIpc) is 2.17. The van der Waals surface area contributed by atoms with Gasteiger partial charge >= 0.3 is 5.97 Å². The number of hydrogen-bond donors (Lipinski definition) is 1. The Morgan fingerprint density at radius 2 is 2.29 bits per heavy atom. The molecule has 0 amide bonds. The zero-order valence-electron chi connectivity index (χ0n) is 7.62. The SMILES string of the molecule is COC(=O)c1ccc(CON)cc1Br. The summed E-state index contributed by atoms with van der Waals surface area (Å²) in [5.74, 6) is 4.55. The first-order chi connectivity index (χ1) is 6.69. The number of benzene rings is 1. The van der Waals surface area contributed by atoms with Crippen molar-refractivity contribution in [1.82, 2.24) is 0 Å². The van der Waals surface area contributed by atoms with Crippen molar-refractivity contribution < 1.29 is 14.4 Å². The maximum absolute atomic E-state index is 11.2. The Labute approximate surface area is 90.1 Å². The van der Waals surface area contributed by atoms with Gasteiger partial charge in [0.15, 0.2) is 0 Å². The Kier molecular flexibility index (Phi) is 4.06. The third kappa shape index (κ3) is 2.54. The van der Waals surface area contributed by atoms with Crippen molar-refractivity contribution in [3.05, 3.63) is 33.8 Å². The van der Waals surface area contributed by atoms with Crippen LogP contribution < -0.4 is 5.90 Å². The van der Waals surface area contributed by atoms with Gasteiger partial charge in [0.1, 0.15) is 0 Å². The maximum atomic E-state index is 11.2. The quantitative estimate of drug-likeness (QED) is 0.662. The second kappa shape index (κ2) is 5.09. The highest BCUT2D eigenvalue weighted by Gasteiger charge is 2.09. The van der Waals surface area contributed by atoms with E-state index in [4.69, 9.17) is 5.90 Å². The number of carbonyl (C=O) groups is 1. The van der Waals surface area contributed by atoms with Gasteiger partial charge in [-0.1, -0.05) is 6.07 Å². The molecule has 1 rings (SSSR count). The van der Waals surface area contributed by atoms with Crippen LogP contribution in [-0.4, -0.2) is 13.1 Å². The first-order valence-corrected chi connectivity index (χ1v) is 4.66. The van der Waals surface area contributed by atoms with E-state index in [0.29, 0.717) is 16.6 Å². The lowest BCUT2D eigenvalue weighted by Crippen LogP contribution is -2.04. The molecule has 0 fully saturated rings. The second-order valence-electron chi connectivity index (χ2n) is 2.62. The van der Waals surface area contributed by atoms with E-state index in [1.165, 1.54) is 7.11 Å². The molecule has 0 aliphatic rings. The number of ether oxygens (including phenoxy) is 1. The molecule has 2 N–H and O–H groups in total. The van der Waals surface area contributed by atoms with Crippen LogP contribution in [-0.2, 0) is 16.2 Å². The monoisotopic (exact) mass is 259 g/mol. The predicted molar refractivity (Wildman–Crippen MR) is 54.5 cm³/mol. The Hall–Kier alpha value is -0.910. The molecule has 0 radical (unpaired) electrons. The van der Waals surface area contributed by atoms with Gasteiger partial charge in [0.05, 0.1) is 19.3 Å². The van der Waals surface area contributed by atoms with Gasteiger partial charge in [-0.3, -0.25) is 4.84 Å². The van der Waals surface area contributed by atoms with Crippen LogP contribution in [0.4, 0.5) is 0 Å². The van der Waals surface area contributed by atoms with Crippen LogP contribution in [0.25, 0.3) is 0 Å². The fourth-order valence-electron chi connectivity index (χ4n) is 1.02. The molecule has 0 spiro atoms. The van der Waals surface area contributed by atoms with E-state index in [-0.39, 0.29) is 5.97 Å². The summed E-state index contributed by atoms with van der Waals surface area (Å²) in [4.78, 5) is 15.7. The molecular formula is C9H10BrNO3. The van der Waals surface area contributed by atoms with Crippen LogP contribution >= 0.6 is 15.9 Å². The van der Waals surface area contributed by atoms with Crippen LogP contribution in [0.2, 0.25) is 0 Å². The molecule has 0 aromatic heterocycles. The molecule has 0 aliphatic carbocycles. The number of esters is 1. The van der Waals surface area contributed by atoms with E-state index in [1.807, 2.05) is 0 Å². The van der Waals surface area contributed by atoms with Crippen molar-refractivity contribution in [2.24, 2.45) is 5.90 Å². The van der Waals surface area contributed by atoms with Gasteiger partial charge in [-0.2, -0.15) is 0 Å². The summed E-state index contributed by atoms with van der Waals surface area (Å²) >= 11 is 3.26. The predicted octanol–water partition coefficient (Wildman–Crippen LogP) is 1.63. The molecular weight excluding hydrogens is 250 g/mol. The number of carbonyl (C=O) groups excluding carboxylic acids is 1. The van der Waals surface area contributed by atoms with Gasteiger partial charge in [-0.15, -0.1) is 0 Å². The highest BCUT2D eigenvalue weighted by Crippen LogP contribution is 2.19. The van der Waals surface area contributed by atoms with Crippen molar-refractivity contribution in [1.29, 1.82) is 0 Å². The van der Waals surface area contributed by atoms with Crippen LogP contribution in [0.1, 0.15) is 15.9 Å². The Morgan fingerprint density at radius 1 is 1.57 bits per heavy atom. The molecule has 4 nitrogen and oxygen atoms in total. The van der Waals surface area contributed by atoms with Crippen LogP contribution in [0, 0.1) is 0 Å². The molecule has 1 aromatic rings. The summed E-state index contributed by atoms with van der Waals surface area (Å²) in [5, 5.41) is 0. The molecule has 76 valence electrons. The van der Waals surface area contributed by atoms with Crippen molar-refractivity contribution in [3.63, 3.8) is 0 Å². The molecule has 5 heteroatoms. The first-order valence-electron chi connectivity index (χ1n) is 3.87. The minimum Gasteiger partial charge on any atom is -0.465 e. The summed E-state index contributed by atoms with van der Waals surface area (Å²) in [6.07, 6.45) is 0. The lowest BCUT2D eigenvalue weighted by atomic mass is 10.1. The lowest BCUT2D eigenvalue weighted by molar-refractivity contribution is 0.0599. The van der Waals surface area contributed by atoms with E-state index in [2.05, 4.69) is 25.5 Å². The molecule has 0 atom stereocenters. The zero-order valence-corrected chi connectivity index (χ0v) is 9.21. The number of nitrogens with two attached hydrogens (primary N) is 1. The highest BCUT2D eigenvalue weighted by atomic mass is 79.9. The van der Waals surface area contributed by atoms with Crippen LogP contribution in [0.3, 0.4) is 0 Å². The van der Waals surface area contributed by atoms with Gasteiger partial charge in [-0.05, 0) is 33.6 Å². The van der Waals surface area contributed by atoms with E-state index in [9.17, 15) is 4.79 Å². The van der Waals surface area contributed by atoms with E-state index in [0.717, 1.165) is 5.56 Å². The summed E-state index contributed by atoms with van der Waals surface area (Å²) in [7, 11) is 1.34. The topological polar surface area (TPSA) is 61.5 Å². The first kappa shape index (κ1) is 11.2. The molecule has 0 saturated carbocycles. The largest absolute Gasteiger partial charge is 0.465 e. The number of halogens is 1. The fraction of sp³-hybridized carbons (Fsp3) is 0.222. The zero-order chi connectivity index (χ0) is 10.6. The minimum atomic E-state index is -0.378. The van der Waals surface area contributed by atoms with Crippen molar-refractivity contribution in [2.75, 3.05) is 7.11 Å². The number of rotatable bonds is 3. The van der Waals surface area contributed by atoms with Crippen molar-refractivity contribution in [3.8, 4) is 0 Å². The Balaban J connectivity index is 2.95. The average molecular weight is 260 g/mol. The molecule has 0 bridgehead atoms. The normalized spacial score (nSPS) is 9.93. The second-order valence-corrected chi connectivity index (χ2v) is 3.47. The van der Waals surface area contributed by atoms with Crippen molar-refractivity contribution in [2.45, 2.75) is 6.61 Å². The van der Waals surface area contributed by atoms with Gasteiger partial charge in [0.2, 0.25) is 0 Å². The molecule has 0 saturated heterocycles. The fourth-order valence-corrected chi connectivity index (χ4v) is 1.61. The van der Waals surface area contributed by atoms with E-state index < -0.39 is 0 Å². The van der Waals surface area contributed by atoms with Gasteiger partial charge < -0.3 is 4.74 Å². The van der Waals surface area contributed by atoms with Crippen LogP contribution in [0.15, 0.2) is 22.7 Å². The molecule has 0 unspecified atom stereocenters. The molecule has 1 aromatic carbocycles. The number of hydrogen-bond acceptors (Lipinski definition) is 4. The Morgan fingerprint density at radius 3 is 2.79 bits per heavy atom. The number of methoxy groups -OCH3 is 1. The van der Waals surface area contributed by atoms with Gasteiger partial charge in [0.25, 0.3) is 0 Å². The molecule has 0 heterocycles. The molecule has 0 aliphatic heterocycles. The maximum Gasteiger partial charge on any atom is 0.339 e. The smallest absolute Gasteiger partial charge is 0.339 e. The summed E-state index contributed by atoms with van der Waals surface area (Å²) < 4.78 is 5.26. The summed E-state index contributed by atoms with van der Waals surface area (Å²) in [5.41, 5.74) is 1.36. The standard InChI is InChI=1S/C9H10BrNO3/c1-13-9(12)7-3-2-6(5-14-11)4-8(7)10/h2-4H,5,11H2,1H3. The van der Waals surface area contributed by atoms with Crippen molar-refractivity contribution >= 4 is 21.9 Å². The third-order valence-electron chi connectivity index (χ3n) is 1.69. The van der Waals surface area contributed by atoms with E-state index in [1.54, 1.807) is 18.2 Å². The van der Waals surface area contributed by atoms with Gasteiger partial charge in [0, 0.05) is 4.47 Å². The summed E-state index contributed by atoms with van der Waals surface area (Å²) in [6.45, 7) is 0.306. The lowest BCUT2D eigenvalue weighted by Gasteiger charge is -2.04. The highest BCUT2D eigenvalue weighted by molar-refractivity contribution is 9.10. The molecule has 14 heavy (non-hydrogen) atoms. The third-order valence-corrected chi connectivity index (χ3v) is 2.34. The minimum absolute atomic E-state index is 0.306. The Bertz CT molecular complexity index is 341. The van der Waals surface area contributed by atoms with Crippen LogP contribution in [0.5, 0.6) is 0 Å². The van der Waals surface area contributed by atoms with Gasteiger partial charge in [-0.25, -0.2) is 10.7 Å². The van der Waals surface area contributed by atoms with E-state index >= 15 is 0 Å². The summed E-state index contributed by atoms with van der Waals surface area (Å²) in [6, 6.07) is 5.17.